The number of aromatic nitrogens is 2. The van der Waals surface area contributed by atoms with Crippen molar-refractivity contribution in [3.8, 4) is 0 Å². The van der Waals surface area contributed by atoms with Crippen molar-refractivity contribution in [2.24, 2.45) is 5.92 Å². The number of hydrogen-bond donors (Lipinski definition) is 2. The number of thiophene rings is 1. The predicted molar refractivity (Wildman–Crippen MR) is 124 cm³/mol. The number of nitrogens with zero attached hydrogens (tertiary/aromatic N) is 3. The molecular formula is C22H30ClN5OS. The Labute approximate surface area is 187 Å². The molecule has 0 atom stereocenters. The second-order valence-electron chi connectivity index (χ2n) is 8.57. The van der Waals surface area contributed by atoms with Gasteiger partial charge in [-0.25, -0.2) is 4.98 Å². The number of aryl methyl sites for hydroxylation is 1. The molecule has 2 aliphatic rings. The van der Waals surface area contributed by atoms with Crippen molar-refractivity contribution in [2.75, 3.05) is 30.9 Å². The molecule has 0 aromatic carbocycles. The highest BCUT2D eigenvalue weighted by Gasteiger charge is 2.24. The third-order valence-electron chi connectivity index (χ3n) is 6.11. The van der Waals surface area contributed by atoms with Gasteiger partial charge in [-0.2, -0.15) is 4.98 Å². The molecule has 162 valence electrons. The molecule has 1 fully saturated rings. The molecule has 2 N–H and O–H groups in total. The van der Waals surface area contributed by atoms with Crippen LogP contribution in [0.3, 0.4) is 0 Å². The monoisotopic (exact) mass is 447 g/mol. The van der Waals surface area contributed by atoms with Gasteiger partial charge in [-0.15, -0.1) is 11.3 Å². The summed E-state index contributed by atoms with van der Waals surface area (Å²) in [7, 11) is 4.12. The van der Waals surface area contributed by atoms with Crippen LogP contribution in [-0.4, -0.2) is 42.6 Å². The number of anilines is 2. The minimum absolute atomic E-state index is 0.0224. The maximum absolute atomic E-state index is 12.2. The van der Waals surface area contributed by atoms with E-state index in [4.69, 9.17) is 21.6 Å². The summed E-state index contributed by atoms with van der Waals surface area (Å²) >= 11 is 7.24. The zero-order valence-corrected chi connectivity index (χ0v) is 19.3. The molecular weight excluding hydrogens is 418 g/mol. The topological polar surface area (TPSA) is 70.2 Å². The molecule has 6 nitrogen and oxygen atoms in total. The van der Waals surface area contributed by atoms with Crippen LogP contribution in [0.2, 0.25) is 4.34 Å². The number of rotatable bonds is 6. The molecule has 1 amide bonds. The lowest BCUT2D eigenvalue weighted by atomic mass is 9.86. The van der Waals surface area contributed by atoms with Crippen molar-refractivity contribution in [1.82, 2.24) is 15.3 Å². The highest BCUT2D eigenvalue weighted by Crippen LogP contribution is 2.30. The molecule has 1 saturated carbocycles. The van der Waals surface area contributed by atoms with Crippen LogP contribution < -0.4 is 15.5 Å². The van der Waals surface area contributed by atoms with Gasteiger partial charge in [-0.1, -0.05) is 11.6 Å². The first-order chi connectivity index (χ1) is 14.5. The van der Waals surface area contributed by atoms with E-state index >= 15 is 0 Å². The number of fused-ring (bicyclic) bond motifs is 1. The predicted octanol–water partition coefficient (Wildman–Crippen LogP) is 4.54. The molecule has 30 heavy (non-hydrogen) atoms. The summed E-state index contributed by atoms with van der Waals surface area (Å²) < 4.78 is 0.647. The van der Waals surface area contributed by atoms with Gasteiger partial charge in [0.1, 0.15) is 5.82 Å². The molecule has 0 aliphatic heterocycles. The van der Waals surface area contributed by atoms with Gasteiger partial charge in [0.15, 0.2) is 0 Å². The second-order valence-corrected chi connectivity index (χ2v) is 10.3. The van der Waals surface area contributed by atoms with Crippen LogP contribution in [0.5, 0.6) is 0 Å². The standard InChI is InChI=1S/C22H30ClN5OS/c1-28(2)20-16-5-3-4-6-17(16)26-22(27-20)25-15-9-7-14(8-10-15)13-24-21(29)18-11-12-19(23)30-18/h11-12,14-15H,3-10,13H2,1-2H3,(H,24,29)(H,25,26,27)/t14-,15+. The number of carbonyl (C=O) groups is 1. The third-order valence-corrected chi connectivity index (χ3v) is 7.34. The fourth-order valence-electron chi connectivity index (χ4n) is 4.46. The number of hydrogen-bond acceptors (Lipinski definition) is 6. The van der Waals surface area contributed by atoms with E-state index in [-0.39, 0.29) is 5.91 Å². The van der Waals surface area contributed by atoms with E-state index in [1.54, 1.807) is 12.1 Å². The summed E-state index contributed by atoms with van der Waals surface area (Å²) in [5.74, 6) is 2.33. The summed E-state index contributed by atoms with van der Waals surface area (Å²) in [6.07, 6.45) is 8.90. The SMILES string of the molecule is CN(C)c1nc(N[C@H]2CC[C@@H](CNC(=O)c3ccc(Cl)s3)CC2)nc2c1CCCC2. The first-order valence-corrected chi connectivity index (χ1v) is 12.1. The fraction of sp³-hybridized carbons (Fsp3) is 0.591. The highest BCUT2D eigenvalue weighted by molar-refractivity contribution is 7.17. The smallest absolute Gasteiger partial charge is 0.261 e. The molecule has 2 heterocycles. The molecule has 0 saturated heterocycles. The second kappa shape index (κ2) is 9.52. The fourth-order valence-corrected chi connectivity index (χ4v) is 5.42. The largest absolute Gasteiger partial charge is 0.362 e. The van der Waals surface area contributed by atoms with Crippen molar-refractivity contribution >= 4 is 40.6 Å². The number of carbonyl (C=O) groups excluding carboxylic acids is 1. The van der Waals surface area contributed by atoms with Crippen LogP contribution in [0.25, 0.3) is 0 Å². The van der Waals surface area contributed by atoms with Gasteiger partial charge in [-0.3, -0.25) is 4.79 Å². The maximum Gasteiger partial charge on any atom is 0.261 e. The Hall–Kier alpha value is -1.86. The minimum Gasteiger partial charge on any atom is -0.362 e. The zero-order valence-electron chi connectivity index (χ0n) is 17.7. The van der Waals surface area contributed by atoms with Crippen LogP contribution in [0.15, 0.2) is 12.1 Å². The van der Waals surface area contributed by atoms with Crippen LogP contribution in [-0.2, 0) is 12.8 Å². The van der Waals surface area contributed by atoms with Crippen molar-refractivity contribution in [1.29, 1.82) is 0 Å². The van der Waals surface area contributed by atoms with Crippen molar-refractivity contribution in [3.05, 3.63) is 32.6 Å². The Morgan fingerprint density at radius 1 is 1.17 bits per heavy atom. The Morgan fingerprint density at radius 2 is 1.93 bits per heavy atom. The first-order valence-electron chi connectivity index (χ1n) is 10.9. The van der Waals surface area contributed by atoms with Crippen LogP contribution in [0.1, 0.15) is 59.5 Å². The quantitative estimate of drug-likeness (QED) is 0.680. The number of amides is 1. The summed E-state index contributed by atoms with van der Waals surface area (Å²) in [6.45, 7) is 0.723. The van der Waals surface area contributed by atoms with E-state index in [1.807, 2.05) is 0 Å². The Bertz CT molecular complexity index is 892. The molecule has 2 aromatic rings. The summed E-state index contributed by atoms with van der Waals surface area (Å²) in [5.41, 5.74) is 2.54. The van der Waals surface area contributed by atoms with Crippen molar-refractivity contribution < 1.29 is 4.79 Å². The van der Waals surface area contributed by atoms with Crippen LogP contribution in [0.4, 0.5) is 11.8 Å². The van der Waals surface area contributed by atoms with Gasteiger partial charge in [0, 0.05) is 32.2 Å². The van der Waals surface area contributed by atoms with E-state index in [0.717, 1.165) is 56.8 Å². The van der Waals surface area contributed by atoms with Gasteiger partial charge >= 0.3 is 0 Å². The van der Waals surface area contributed by atoms with Crippen LogP contribution >= 0.6 is 22.9 Å². The van der Waals surface area contributed by atoms with Gasteiger partial charge in [0.05, 0.1) is 14.9 Å². The normalized spacial score (nSPS) is 21.0. The van der Waals surface area contributed by atoms with E-state index in [9.17, 15) is 4.79 Å². The number of nitrogens with one attached hydrogen (secondary N) is 2. The van der Waals surface area contributed by atoms with E-state index < -0.39 is 0 Å². The van der Waals surface area contributed by atoms with Crippen LogP contribution in [0, 0.1) is 5.92 Å². The molecule has 0 unspecified atom stereocenters. The lowest BCUT2D eigenvalue weighted by molar-refractivity contribution is 0.0947. The molecule has 8 heteroatoms. The van der Waals surface area contributed by atoms with E-state index in [1.165, 1.54) is 35.4 Å². The molecule has 0 bridgehead atoms. The van der Waals surface area contributed by atoms with E-state index in [0.29, 0.717) is 21.2 Å². The Morgan fingerprint density at radius 3 is 2.63 bits per heavy atom. The lowest BCUT2D eigenvalue weighted by Gasteiger charge is -2.30. The van der Waals surface area contributed by atoms with Gasteiger partial charge in [-0.05, 0) is 69.4 Å². The maximum atomic E-state index is 12.2. The van der Waals surface area contributed by atoms with E-state index in [2.05, 4.69) is 29.6 Å². The molecule has 2 aromatic heterocycles. The van der Waals surface area contributed by atoms with Crippen molar-refractivity contribution in [2.45, 2.75) is 57.4 Å². The molecule has 0 radical (unpaired) electrons. The van der Waals surface area contributed by atoms with Gasteiger partial charge < -0.3 is 15.5 Å². The summed E-state index contributed by atoms with van der Waals surface area (Å²) in [5, 5.41) is 6.65. The third kappa shape index (κ3) is 5.06. The van der Waals surface area contributed by atoms with Crippen molar-refractivity contribution in [3.63, 3.8) is 0 Å². The Kier molecular flexibility index (Phi) is 6.78. The minimum atomic E-state index is -0.0224. The zero-order chi connectivity index (χ0) is 21.1. The average molecular weight is 448 g/mol. The van der Waals surface area contributed by atoms with Gasteiger partial charge in [0.2, 0.25) is 5.95 Å². The van der Waals surface area contributed by atoms with Gasteiger partial charge in [0.25, 0.3) is 5.91 Å². The summed E-state index contributed by atoms with van der Waals surface area (Å²) in [4.78, 5) is 24.7. The Balaban J connectivity index is 1.29. The molecule has 2 aliphatic carbocycles. The highest BCUT2D eigenvalue weighted by atomic mass is 35.5. The average Bonchev–Trinajstić information content (AvgIpc) is 3.19. The molecule has 0 spiro atoms. The molecule has 4 rings (SSSR count). The summed E-state index contributed by atoms with van der Waals surface area (Å²) in [6, 6.07) is 3.94. The lowest BCUT2D eigenvalue weighted by Crippen LogP contribution is -2.34. The number of halogens is 1. The first kappa shape index (κ1) is 21.4.